The van der Waals surface area contributed by atoms with Crippen molar-refractivity contribution in [3.63, 3.8) is 0 Å². The van der Waals surface area contributed by atoms with Gasteiger partial charge in [0.2, 0.25) is 5.13 Å². The number of aryl methyl sites for hydroxylation is 1. The summed E-state index contributed by atoms with van der Waals surface area (Å²) in [6.07, 6.45) is 1.76. The summed E-state index contributed by atoms with van der Waals surface area (Å²) in [6, 6.07) is 1.89. The SMILES string of the molecule is Cc1nccc(CNc2nc(C(C)(C)C)ns2)n1. The van der Waals surface area contributed by atoms with E-state index in [0.717, 1.165) is 22.5 Å². The Balaban J connectivity index is 2.01. The smallest absolute Gasteiger partial charge is 0.202 e. The Hall–Kier alpha value is -1.56. The summed E-state index contributed by atoms with van der Waals surface area (Å²) in [5.74, 6) is 1.65. The molecule has 5 nitrogen and oxygen atoms in total. The zero-order valence-corrected chi connectivity index (χ0v) is 11.9. The first-order valence-electron chi connectivity index (χ1n) is 5.82. The topological polar surface area (TPSA) is 63.6 Å². The van der Waals surface area contributed by atoms with Gasteiger partial charge in [0.25, 0.3) is 0 Å². The quantitative estimate of drug-likeness (QED) is 0.922. The maximum absolute atomic E-state index is 4.47. The van der Waals surface area contributed by atoms with Crippen LogP contribution in [0.5, 0.6) is 0 Å². The van der Waals surface area contributed by atoms with E-state index in [4.69, 9.17) is 0 Å². The molecular formula is C12H17N5S. The van der Waals surface area contributed by atoms with Crippen molar-refractivity contribution in [2.75, 3.05) is 5.32 Å². The van der Waals surface area contributed by atoms with Crippen LogP contribution in [0, 0.1) is 6.92 Å². The van der Waals surface area contributed by atoms with Crippen molar-refractivity contribution in [3.05, 3.63) is 29.6 Å². The summed E-state index contributed by atoms with van der Waals surface area (Å²) in [4.78, 5) is 12.9. The van der Waals surface area contributed by atoms with Crippen LogP contribution in [-0.4, -0.2) is 19.3 Å². The molecule has 0 aromatic carbocycles. The lowest BCUT2D eigenvalue weighted by molar-refractivity contribution is 0.555. The van der Waals surface area contributed by atoms with E-state index in [0.29, 0.717) is 6.54 Å². The van der Waals surface area contributed by atoms with E-state index in [2.05, 4.69) is 45.4 Å². The zero-order chi connectivity index (χ0) is 13.2. The van der Waals surface area contributed by atoms with Crippen molar-refractivity contribution in [1.82, 2.24) is 19.3 Å². The molecule has 0 aliphatic carbocycles. The van der Waals surface area contributed by atoms with Crippen molar-refractivity contribution >= 4 is 16.7 Å². The third-order valence-electron chi connectivity index (χ3n) is 2.35. The third-order valence-corrected chi connectivity index (χ3v) is 3.02. The highest BCUT2D eigenvalue weighted by Gasteiger charge is 2.19. The molecular weight excluding hydrogens is 246 g/mol. The normalized spacial score (nSPS) is 11.6. The van der Waals surface area contributed by atoms with Crippen molar-refractivity contribution in [2.24, 2.45) is 0 Å². The summed E-state index contributed by atoms with van der Waals surface area (Å²) in [5.41, 5.74) is 0.942. The lowest BCUT2D eigenvalue weighted by Gasteiger charge is -2.12. The minimum absolute atomic E-state index is 0.0120. The Labute approximate surface area is 111 Å². The average Bonchev–Trinajstić information content (AvgIpc) is 2.74. The van der Waals surface area contributed by atoms with Gasteiger partial charge in [0.05, 0.1) is 12.2 Å². The highest BCUT2D eigenvalue weighted by Crippen LogP contribution is 2.23. The van der Waals surface area contributed by atoms with Crippen LogP contribution in [0.4, 0.5) is 5.13 Å². The Kier molecular flexibility index (Phi) is 3.56. The highest BCUT2D eigenvalue weighted by molar-refractivity contribution is 7.09. The van der Waals surface area contributed by atoms with Crippen molar-refractivity contribution in [2.45, 2.75) is 39.7 Å². The molecule has 0 atom stereocenters. The van der Waals surface area contributed by atoms with Crippen LogP contribution in [0.3, 0.4) is 0 Å². The van der Waals surface area contributed by atoms with Crippen LogP contribution >= 0.6 is 11.5 Å². The average molecular weight is 263 g/mol. The molecule has 96 valence electrons. The predicted molar refractivity (Wildman–Crippen MR) is 72.7 cm³/mol. The lowest BCUT2D eigenvalue weighted by atomic mass is 9.96. The van der Waals surface area contributed by atoms with Gasteiger partial charge < -0.3 is 5.32 Å². The number of anilines is 1. The molecule has 0 fully saturated rings. The predicted octanol–water partition coefficient (Wildman–Crippen LogP) is 2.55. The fourth-order valence-corrected chi connectivity index (χ4v) is 2.12. The summed E-state index contributed by atoms with van der Waals surface area (Å²) < 4.78 is 4.35. The van der Waals surface area contributed by atoms with Crippen LogP contribution in [0.25, 0.3) is 0 Å². The molecule has 0 aliphatic heterocycles. The molecule has 2 aromatic heterocycles. The van der Waals surface area contributed by atoms with E-state index in [1.165, 1.54) is 11.5 Å². The van der Waals surface area contributed by atoms with Gasteiger partial charge in [-0.15, -0.1) is 0 Å². The Morgan fingerprint density at radius 3 is 2.67 bits per heavy atom. The fraction of sp³-hybridized carbons (Fsp3) is 0.500. The second-order valence-electron chi connectivity index (χ2n) is 5.12. The maximum atomic E-state index is 4.47. The number of hydrogen-bond donors (Lipinski definition) is 1. The molecule has 0 radical (unpaired) electrons. The Morgan fingerprint density at radius 1 is 1.28 bits per heavy atom. The van der Waals surface area contributed by atoms with E-state index in [1.807, 2.05) is 13.0 Å². The van der Waals surface area contributed by atoms with Gasteiger partial charge in [0.15, 0.2) is 0 Å². The molecule has 2 heterocycles. The molecule has 1 N–H and O–H groups in total. The zero-order valence-electron chi connectivity index (χ0n) is 11.1. The van der Waals surface area contributed by atoms with Gasteiger partial charge in [-0.1, -0.05) is 20.8 Å². The second kappa shape index (κ2) is 4.97. The molecule has 2 rings (SSSR count). The molecule has 0 amide bonds. The summed E-state index contributed by atoms with van der Waals surface area (Å²) in [7, 11) is 0. The minimum Gasteiger partial charge on any atom is -0.355 e. The molecule has 0 saturated carbocycles. The molecule has 0 saturated heterocycles. The summed E-state index contributed by atoms with van der Waals surface area (Å²) >= 11 is 1.38. The molecule has 18 heavy (non-hydrogen) atoms. The van der Waals surface area contributed by atoms with Crippen molar-refractivity contribution in [1.29, 1.82) is 0 Å². The Bertz CT molecular complexity index is 529. The van der Waals surface area contributed by atoms with Gasteiger partial charge in [-0.05, 0) is 13.0 Å². The van der Waals surface area contributed by atoms with Gasteiger partial charge in [-0.3, -0.25) is 0 Å². The highest BCUT2D eigenvalue weighted by atomic mass is 32.1. The first kappa shape index (κ1) is 12.9. The van der Waals surface area contributed by atoms with Gasteiger partial charge in [-0.25, -0.2) is 15.0 Å². The van der Waals surface area contributed by atoms with Crippen LogP contribution in [0.2, 0.25) is 0 Å². The van der Waals surface area contributed by atoms with E-state index < -0.39 is 0 Å². The molecule has 0 spiro atoms. The van der Waals surface area contributed by atoms with Gasteiger partial charge in [-0.2, -0.15) is 4.37 Å². The third kappa shape index (κ3) is 3.22. The summed E-state index contributed by atoms with van der Waals surface area (Å²) in [6.45, 7) is 8.83. The minimum atomic E-state index is -0.0120. The van der Waals surface area contributed by atoms with Crippen LogP contribution in [-0.2, 0) is 12.0 Å². The largest absolute Gasteiger partial charge is 0.355 e. The number of rotatable bonds is 3. The number of nitrogens with zero attached hydrogens (tertiary/aromatic N) is 4. The van der Waals surface area contributed by atoms with E-state index in [-0.39, 0.29) is 5.41 Å². The maximum Gasteiger partial charge on any atom is 0.202 e. The molecule has 2 aromatic rings. The van der Waals surface area contributed by atoms with E-state index >= 15 is 0 Å². The monoisotopic (exact) mass is 263 g/mol. The molecule has 0 aliphatic rings. The molecule has 0 unspecified atom stereocenters. The van der Waals surface area contributed by atoms with Gasteiger partial charge in [0, 0.05) is 23.1 Å². The number of nitrogens with one attached hydrogen (secondary N) is 1. The lowest BCUT2D eigenvalue weighted by Crippen LogP contribution is -2.13. The van der Waals surface area contributed by atoms with E-state index in [1.54, 1.807) is 6.20 Å². The second-order valence-corrected chi connectivity index (χ2v) is 5.87. The molecule has 0 bridgehead atoms. The van der Waals surface area contributed by atoms with Gasteiger partial charge in [0.1, 0.15) is 11.6 Å². The first-order valence-corrected chi connectivity index (χ1v) is 6.59. The summed E-state index contributed by atoms with van der Waals surface area (Å²) in [5, 5.41) is 4.07. The van der Waals surface area contributed by atoms with Crippen molar-refractivity contribution < 1.29 is 0 Å². The van der Waals surface area contributed by atoms with Gasteiger partial charge >= 0.3 is 0 Å². The van der Waals surface area contributed by atoms with Crippen molar-refractivity contribution in [3.8, 4) is 0 Å². The van der Waals surface area contributed by atoms with Crippen LogP contribution < -0.4 is 5.32 Å². The fourth-order valence-electron chi connectivity index (χ4n) is 1.37. The first-order chi connectivity index (χ1) is 8.45. The van der Waals surface area contributed by atoms with Crippen LogP contribution in [0.15, 0.2) is 12.3 Å². The molecule has 6 heteroatoms. The number of aromatic nitrogens is 4. The van der Waals surface area contributed by atoms with E-state index in [9.17, 15) is 0 Å². The standard InChI is InChI=1S/C12H17N5S/c1-8-13-6-5-9(15-8)7-14-11-16-10(17-18-11)12(2,3)4/h5-6H,7H2,1-4H3,(H,14,16,17). The van der Waals surface area contributed by atoms with Crippen LogP contribution in [0.1, 0.15) is 38.1 Å². The number of hydrogen-bond acceptors (Lipinski definition) is 6. The Morgan fingerprint density at radius 2 is 2.06 bits per heavy atom.